The Hall–Kier alpha value is -3.18. The molecule has 11 heteroatoms. The molecule has 0 aliphatic carbocycles. The molecule has 2 rings (SSSR count). The van der Waals surface area contributed by atoms with Crippen molar-refractivity contribution in [3.63, 3.8) is 0 Å². The summed E-state index contributed by atoms with van der Waals surface area (Å²) in [5, 5.41) is 2.76. The molecule has 0 saturated carbocycles. The summed E-state index contributed by atoms with van der Waals surface area (Å²) in [5.74, 6) is -1.19. The highest BCUT2D eigenvalue weighted by atomic mass is 32.2. The van der Waals surface area contributed by atoms with Crippen molar-refractivity contribution in [2.45, 2.75) is 32.9 Å². The first-order valence-electron chi connectivity index (χ1n) is 11.2. The van der Waals surface area contributed by atoms with E-state index in [-0.39, 0.29) is 18.1 Å². The van der Waals surface area contributed by atoms with Gasteiger partial charge in [-0.25, -0.2) is 8.70 Å². The monoisotopic (exact) mass is 508 g/mol. The predicted molar refractivity (Wildman–Crippen MR) is 133 cm³/mol. The molecule has 0 unspecified atom stereocenters. The van der Waals surface area contributed by atoms with Crippen LogP contribution in [-0.4, -0.2) is 69.8 Å². The maximum Gasteiger partial charge on any atom is 0.304 e. The summed E-state index contributed by atoms with van der Waals surface area (Å²) < 4.78 is 47.5. The van der Waals surface area contributed by atoms with Gasteiger partial charge in [-0.05, 0) is 43.2 Å². The van der Waals surface area contributed by atoms with Gasteiger partial charge in [0.05, 0.1) is 12.8 Å². The molecular weight excluding hydrogens is 475 g/mol. The molecule has 2 aromatic carbocycles. The molecule has 2 aromatic rings. The molecule has 0 aliphatic rings. The third-order valence-electron chi connectivity index (χ3n) is 5.37. The van der Waals surface area contributed by atoms with E-state index in [2.05, 4.69) is 5.32 Å². The van der Waals surface area contributed by atoms with E-state index in [1.54, 1.807) is 31.2 Å². The normalized spacial score (nSPS) is 12.2. The molecule has 0 fully saturated rings. The van der Waals surface area contributed by atoms with Gasteiger partial charge >= 0.3 is 10.2 Å². The number of hydrogen-bond acceptors (Lipinski definition) is 5. The van der Waals surface area contributed by atoms with Gasteiger partial charge in [-0.2, -0.15) is 12.7 Å². The second-order valence-corrected chi connectivity index (χ2v) is 10.2. The number of rotatable bonds is 12. The number of nitrogens with one attached hydrogen (secondary N) is 1. The fourth-order valence-corrected chi connectivity index (χ4v) is 4.33. The minimum absolute atomic E-state index is 0.0384. The Morgan fingerprint density at radius 1 is 1.09 bits per heavy atom. The van der Waals surface area contributed by atoms with Gasteiger partial charge in [-0.15, -0.1) is 0 Å². The minimum atomic E-state index is -4.22. The Kier molecular flexibility index (Phi) is 10.0. The molecule has 9 nitrogen and oxygen atoms in total. The number of para-hydroxylation sites is 1. The van der Waals surface area contributed by atoms with E-state index >= 15 is 0 Å². The van der Waals surface area contributed by atoms with Crippen LogP contribution in [0.4, 0.5) is 10.1 Å². The van der Waals surface area contributed by atoms with Crippen LogP contribution in [0.15, 0.2) is 48.5 Å². The molecule has 1 atom stereocenters. The molecule has 35 heavy (non-hydrogen) atoms. The summed E-state index contributed by atoms with van der Waals surface area (Å²) in [5.41, 5.74) is 0.448. The molecule has 0 saturated heterocycles. The van der Waals surface area contributed by atoms with E-state index in [1.165, 1.54) is 44.3 Å². The zero-order chi connectivity index (χ0) is 26.2. The van der Waals surface area contributed by atoms with Crippen LogP contribution in [0.5, 0.6) is 5.75 Å². The molecule has 0 spiro atoms. The number of halogens is 1. The van der Waals surface area contributed by atoms with Crippen LogP contribution >= 0.6 is 0 Å². The number of nitrogens with zero attached hydrogens (tertiary/aromatic N) is 3. The Morgan fingerprint density at radius 3 is 2.26 bits per heavy atom. The number of carbonyl (C=O) groups is 2. The Balaban J connectivity index is 2.44. The topological polar surface area (TPSA) is 99.3 Å². The number of amides is 2. The highest BCUT2D eigenvalue weighted by molar-refractivity contribution is 7.90. The summed E-state index contributed by atoms with van der Waals surface area (Å²) in [6, 6.07) is 11.4. The van der Waals surface area contributed by atoms with Crippen molar-refractivity contribution in [1.29, 1.82) is 0 Å². The SMILES string of the molecule is CCCNC(=O)[C@H](C)N(Cc1ccc(OC)cc1)C(=O)CN(c1ccccc1F)S(=O)(=O)N(C)C. The van der Waals surface area contributed by atoms with E-state index in [0.717, 1.165) is 10.4 Å². The number of anilines is 1. The molecule has 2 amide bonds. The predicted octanol–water partition coefficient (Wildman–Crippen LogP) is 2.39. The van der Waals surface area contributed by atoms with E-state index < -0.39 is 34.5 Å². The third-order valence-corrected chi connectivity index (χ3v) is 7.17. The maximum absolute atomic E-state index is 14.6. The largest absolute Gasteiger partial charge is 0.497 e. The van der Waals surface area contributed by atoms with E-state index in [9.17, 15) is 22.4 Å². The van der Waals surface area contributed by atoms with Crippen molar-refractivity contribution in [2.24, 2.45) is 0 Å². The maximum atomic E-state index is 14.6. The second-order valence-electron chi connectivity index (χ2n) is 8.08. The van der Waals surface area contributed by atoms with Gasteiger partial charge in [0.25, 0.3) is 0 Å². The van der Waals surface area contributed by atoms with E-state index in [4.69, 9.17) is 4.74 Å². The van der Waals surface area contributed by atoms with Crippen LogP contribution < -0.4 is 14.4 Å². The van der Waals surface area contributed by atoms with Crippen LogP contribution in [0, 0.1) is 5.82 Å². The van der Waals surface area contributed by atoms with Crippen molar-refractivity contribution >= 4 is 27.7 Å². The molecule has 0 bridgehead atoms. The van der Waals surface area contributed by atoms with Gasteiger partial charge in [-0.3, -0.25) is 9.59 Å². The zero-order valence-corrected chi connectivity index (χ0v) is 21.5. The Labute approximate surface area is 206 Å². The van der Waals surface area contributed by atoms with Crippen molar-refractivity contribution in [3.8, 4) is 5.75 Å². The molecule has 1 N–H and O–H groups in total. The van der Waals surface area contributed by atoms with Crippen LogP contribution in [0.25, 0.3) is 0 Å². The Morgan fingerprint density at radius 2 is 1.71 bits per heavy atom. The summed E-state index contributed by atoms with van der Waals surface area (Å²) in [6.07, 6.45) is 0.715. The van der Waals surface area contributed by atoms with Crippen molar-refractivity contribution in [2.75, 3.05) is 38.6 Å². The molecule has 0 aliphatic heterocycles. The number of carbonyl (C=O) groups excluding carboxylic acids is 2. The standard InChI is InChI=1S/C24H33FN4O5S/c1-6-15-26-24(31)18(2)28(16-19-11-13-20(34-5)14-12-19)23(30)17-29(35(32,33)27(3)4)22-10-8-7-9-21(22)25/h7-14,18H,6,15-17H2,1-5H3,(H,26,31)/t18-/m0/s1. The van der Waals surface area contributed by atoms with Crippen LogP contribution in [0.1, 0.15) is 25.8 Å². The van der Waals surface area contributed by atoms with Crippen molar-refractivity contribution in [1.82, 2.24) is 14.5 Å². The van der Waals surface area contributed by atoms with Crippen molar-refractivity contribution < 1.29 is 27.1 Å². The summed E-state index contributed by atoms with van der Waals surface area (Å²) >= 11 is 0. The third kappa shape index (κ3) is 7.15. The van der Waals surface area contributed by atoms with Gasteiger partial charge in [0.2, 0.25) is 11.8 Å². The molecule has 0 heterocycles. The summed E-state index contributed by atoms with van der Waals surface area (Å²) in [7, 11) is -0.0974. The number of hydrogen-bond donors (Lipinski definition) is 1. The quantitative estimate of drug-likeness (QED) is 0.475. The van der Waals surface area contributed by atoms with Gasteiger partial charge < -0.3 is 15.0 Å². The van der Waals surface area contributed by atoms with Gasteiger partial charge in [-0.1, -0.05) is 31.2 Å². The first-order valence-corrected chi connectivity index (χ1v) is 12.6. The lowest BCUT2D eigenvalue weighted by atomic mass is 10.1. The van der Waals surface area contributed by atoms with E-state index in [0.29, 0.717) is 28.6 Å². The van der Waals surface area contributed by atoms with Crippen LogP contribution in [0.2, 0.25) is 0 Å². The summed E-state index contributed by atoms with van der Waals surface area (Å²) in [6.45, 7) is 3.26. The van der Waals surface area contributed by atoms with E-state index in [1.807, 2.05) is 6.92 Å². The fraction of sp³-hybridized carbons (Fsp3) is 0.417. The van der Waals surface area contributed by atoms with Crippen molar-refractivity contribution in [3.05, 3.63) is 59.9 Å². The lowest BCUT2D eigenvalue weighted by molar-refractivity contribution is -0.139. The minimum Gasteiger partial charge on any atom is -0.497 e. The smallest absolute Gasteiger partial charge is 0.304 e. The van der Waals surface area contributed by atoms with Crippen LogP contribution in [0.3, 0.4) is 0 Å². The molecular formula is C24H33FN4O5S. The van der Waals surface area contributed by atoms with Gasteiger partial charge in [0.15, 0.2) is 0 Å². The lowest BCUT2D eigenvalue weighted by Gasteiger charge is -2.33. The molecule has 192 valence electrons. The zero-order valence-electron chi connectivity index (χ0n) is 20.7. The first kappa shape index (κ1) is 28.1. The fourth-order valence-electron chi connectivity index (χ4n) is 3.26. The first-order chi connectivity index (χ1) is 16.5. The Bertz CT molecular complexity index is 1110. The molecule has 0 aromatic heterocycles. The highest BCUT2D eigenvalue weighted by Gasteiger charge is 2.33. The second kappa shape index (κ2) is 12.5. The number of benzene rings is 2. The molecule has 0 radical (unpaired) electrons. The highest BCUT2D eigenvalue weighted by Crippen LogP contribution is 2.24. The van der Waals surface area contributed by atoms with Crippen LogP contribution in [-0.2, 0) is 26.3 Å². The number of ether oxygens (including phenoxy) is 1. The average molecular weight is 509 g/mol. The lowest BCUT2D eigenvalue weighted by Crippen LogP contribution is -2.52. The number of methoxy groups -OCH3 is 1. The average Bonchev–Trinajstić information content (AvgIpc) is 2.84. The van der Waals surface area contributed by atoms with Gasteiger partial charge in [0, 0.05) is 27.2 Å². The summed E-state index contributed by atoms with van der Waals surface area (Å²) in [4.78, 5) is 27.5. The van der Waals surface area contributed by atoms with Gasteiger partial charge in [0.1, 0.15) is 24.2 Å².